The molecule has 4 rings (SSSR count). The number of amides is 1. The highest BCUT2D eigenvalue weighted by molar-refractivity contribution is 6.01. The van der Waals surface area contributed by atoms with Gasteiger partial charge in [-0.2, -0.15) is 0 Å². The van der Waals surface area contributed by atoms with Crippen molar-refractivity contribution < 1.29 is 4.79 Å². The number of aryl methyl sites for hydroxylation is 1. The number of nitrogens with zero attached hydrogens (tertiary/aromatic N) is 3. The zero-order valence-corrected chi connectivity index (χ0v) is 15.8. The van der Waals surface area contributed by atoms with Gasteiger partial charge in [-0.05, 0) is 31.0 Å². The number of nitrogens with one attached hydrogen (secondary N) is 1. The molecule has 2 heterocycles. The van der Waals surface area contributed by atoms with Crippen molar-refractivity contribution in [1.82, 2.24) is 19.9 Å². The SMILES string of the molecule is O=C(NCCCCCCn1cnc2cnc3ccccc3c21)c1ccccc1. The smallest absolute Gasteiger partial charge is 0.251 e. The Morgan fingerprint density at radius 2 is 1.64 bits per heavy atom. The van der Waals surface area contributed by atoms with Crippen LogP contribution in [-0.2, 0) is 6.54 Å². The first-order valence-corrected chi connectivity index (χ1v) is 9.85. The second-order valence-corrected chi connectivity index (χ2v) is 6.98. The molecule has 0 bridgehead atoms. The van der Waals surface area contributed by atoms with Crippen molar-refractivity contribution in [2.24, 2.45) is 0 Å². The van der Waals surface area contributed by atoms with Gasteiger partial charge in [0.15, 0.2) is 0 Å². The van der Waals surface area contributed by atoms with Gasteiger partial charge in [0.2, 0.25) is 0 Å². The van der Waals surface area contributed by atoms with Gasteiger partial charge in [0.05, 0.1) is 23.6 Å². The molecule has 1 amide bonds. The van der Waals surface area contributed by atoms with Crippen molar-refractivity contribution in [3.63, 3.8) is 0 Å². The molecule has 0 radical (unpaired) electrons. The third-order valence-corrected chi connectivity index (χ3v) is 5.00. The zero-order chi connectivity index (χ0) is 19.2. The highest BCUT2D eigenvalue weighted by atomic mass is 16.1. The lowest BCUT2D eigenvalue weighted by molar-refractivity contribution is 0.0953. The molecule has 0 saturated carbocycles. The number of hydrogen-bond acceptors (Lipinski definition) is 3. The van der Waals surface area contributed by atoms with Crippen molar-refractivity contribution in [2.45, 2.75) is 32.2 Å². The van der Waals surface area contributed by atoms with Crippen LogP contribution in [0, 0.1) is 0 Å². The number of para-hydroxylation sites is 1. The van der Waals surface area contributed by atoms with Crippen LogP contribution in [0.25, 0.3) is 21.9 Å². The van der Waals surface area contributed by atoms with Crippen LogP contribution < -0.4 is 5.32 Å². The van der Waals surface area contributed by atoms with Gasteiger partial charge in [-0.1, -0.05) is 49.2 Å². The number of unbranched alkanes of at least 4 members (excludes halogenated alkanes) is 3. The third kappa shape index (κ3) is 4.03. The summed E-state index contributed by atoms with van der Waals surface area (Å²) in [5.74, 6) is 0.00553. The van der Waals surface area contributed by atoms with E-state index in [1.54, 1.807) is 0 Å². The van der Waals surface area contributed by atoms with E-state index in [2.05, 4.69) is 25.9 Å². The van der Waals surface area contributed by atoms with Gasteiger partial charge in [0.25, 0.3) is 5.91 Å². The highest BCUT2D eigenvalue weighted by Gasteiger charge is 2.08. The molecule has 5 nitrogen and oxygen atoms in total. The van der Waals surface area contributed by atoms with Crippen LogP contribution in [0.4, 0.5) is 0 Å². The van der Waals surface area contributed by atoms with Crippen LogP contribution in [0.2, 0.25) is 0 Å². The second-order valence-electron chi connectivity index (χ2n) is 6.98. The fourth-order valence-corrected chi connectivity index (χ4v) is 3.53. The van der Waals surface area contributed by atoms with Crippen molar-refractivity contribution in [3.05, 3.63) is 72.7 Å². The van der Waals surface area contributed by atoms with Gasteiger partial charge in [0.1, 0.15) is 5.52 Å². The van der Waals surface area contributed by atoms with Gasteiger partial charge in [-0.25, -0.2) is 4.98 Å². The van der Waals surface area contributed by atoms with Crippen molar-refractivity contribution in [2.75, 3.05) is 6.54 Å². The van der Waals surface area contributed by atoms with E-state index >= 15 is 0 Å². The van der Waals surface area contributed by atoms with E-state index in [4.69, 9.17) is 0 Å². The summed E-state index contributed by atoms with van der Waals surface area (Å²) in [6.45, 7) is 1.67. The maximum absolute atomic E-state index is 12.0. The number of rotatable bonds is 8. The Morgan fingerprint density at radius 3 is 2.54 bits per heavy atom. The van der Waals surface area contributed by atoms with Crippen LogP contribution in [0.15, 0.2) is 67.1 Å². The normalized spacial score (nSPS) is 11.1. The van der Waals surface area contributed by atoms with E-state index in [1.165, 1.54) is 5.52 Å². The average Bonchev–Trinajstić information content (AvgIpc) is 3.17. The minimum absolute atomic E-state index is 0.00553. The monoisotopic (exact) mass is 372 g/mol. The third-order valence-electron chi connectivity index (χ3n) is 5.00. The Bertz CT molecular complexity index is 1070. The number of carbonyl (C=O) groups excluding carboxylic acids is 1. The lowest BCUT2D eigenvalue weighted by Gasteiger charge is -2.07. The summed E-state index contributed by atoms with van der Waals surface area (Å²) in [5.41, 5.74) is 3.84. The molecule has 0 unspecified atom stereocenters. The Morgan fingerprint density at radius 1 is 0.857 bits per heavy atom. The fraction of sp³-hybridized carbons (Fsp3) is 0.261. The number of fused-ring (bicyclic) bond motifs is 3. The Kier molecular flexibility index (Phi) is 5.61. The average molecular weight is 372 g/mol. The van der Waals surface area contributed by atoms with Crippen molar-refractivity contribution in [1.29, 1.82) is 0 Å². The van der Waals surface area contributed by atoms with Gasteiger partial charge >= 0.3 is 0 Å². The molecule has 4 aromatic rings. The molecule has 0 aliphatic rings. The Balaban J connectivity index is 1.24. The van der Waals surface area contributed by atoms with Gasteiger partial charge in [-0.3, -0.25) is 9.78 Å². The first-order chi connectivity index (χ1) is 13.8. The predicted octanol–water partition coefficient (Wildman–Crippen LogP) is 4.57. The molecule has 0 aliphatic heterocycles. The van der Waals surface area contributed by atoms with Crippen LogP contribution in [0.3, 0.4) is 0 Å². The molecule has 0 atom stereocenters. The molecule has 0 spiro atoms. The van der Waals surface area contributed by atoms with Crippen molar-refractivity contribution in [3.8, 4) is 0 Å². The van der Waals surface area contributed by atoms with Crippen LogP contribution in [-0.4, -0.2) is 27.0 Å². The maximum atomic E-state index is 12.0. The van der Waals surface area contributed by atoms with Crippen molar-refractivity contribution >= 4 is 27.8 Å². The van der Waals surface area contributed by atoms with Gasteiger partial charge in [0, 0.05) is 24.0 Å². The molecule has 0 saturated heterocycles. The molecule has 5 heteroatoms. The molecule has 0 aliphatic carbocycles. The second kappa shape index (κ2) is 8.65. The van der Waals surface area contributed by atoms with Crippen LogP contribution in [0.5, 0.6) is 0 Å². The molecular weight excluding hydrogens is 348 g/mol. The fourth-order valence-electron chi connectivity index (χ4n) is 3.53. The number of hydrogen-bond donors (Lipinski definition) is 1. The summed E-state index contributed by atoms with van der Waals surface area (Å²) in [5, 5.41) is 4.14. The van der Waals surface area contributed by atoms with E-state index in [1.807, 2.05) is 61.1 Å². The molecule has 142 valence electrons. The molecule has 1 N–H and O–H groups in total. The van der Waals surface area contributed by atoms with Gasteiger partial charge in [-0.15, -0.1) is 0 Å². The zero-order valence-electron chi connectivity index (χ0n) is 15.8. The quantitative estimate of drug-likeness (QED) is 0.461. The number of aromatic nitrogens is 3. The minimum atomic E-state index is 0.00553. The van der Waals surface area contributed by atoms with Crippen LogP contribution in [0.1, 0.15) is 36.0 Å². The number of carbonyl (C=O) groups is 1. The molecule has 2 aromatic heterocycles. The molecule has 28 heavy (non-hydrogen) atoms. The Hall–Kier alpha value is -3.21. The summed E-state index contributed by atoms with van der Waals surface area (Å²) >= 11 is 0. The topological polar surface area (TPSA) is 59.8 Å². The largest absolute Gasteiger partial charge is 0.352 e. The van der Waals surface area contributed by atoms with E-state index < -0.39 is 0 Å². The van der Waals surface area contributed by atoms with Gasteiger partial charge < -0.3 is 9.88 Å². The highest BCUT2D eigenvalue weighted by Crippen LogP contribution is 2.23. The predicted molar refractivity (Wildman–Crippen MR) is 112 cm³/mol. The lowest BCUT2D eigenvalue weighted by atomic mass is 10.1. The Labute approximate surface area is 164 Å². The number of imidazole rings is 1. The number of benzene rings is 2. The van der Waals surface area contributed by atoms with E-state index in [9.17, 15) is 4.79 Å². The van der Waals surface area contributed by atoms with E-state index in [0.29, 0.717) is 0 Å². The minimum Gasteiger partial charge on any atom is -0.352 e. The van der Waals surface area contributed by atoms with E-state index in [-0.39, 0.29) is 5.91 Å². The standard InChI is InChI=1S/C23H24N4O/c28-23(18-10-4-3-5-11-18)24-14-8-1-2-9-15-27-17-26-21-16-25-20-13-7-6-12-19(20)22(21)27/h3-7,10-13,16-17H,1-2,8-9,14-15H2,(H,24,28). The summed E-state index contributed by atoms with van der Waals surface area (Å²) in [6, 6.07) is 17.6. The first kappa shape index (κ1) is 18.2. The number of pyridine rings is 1. The van der Waals surface area contributed by atoms with E-state index in [0.717, 1.165) is 60.8 Å². The first-order valence-electron chi connectivity index (χ1n) is 9.85. The lowest BCUT2D eigenvalue weighted by Crippen LogP contribution is -2.24. The maximum Gasteiger partial charge on any atom is 0.251 e. The summed E-state index contributed by atoms with van der Waals surface area (Å²) in [7, 11) is 0. The molecule has 2 aromatic carbocycles. The molecule has 0 fully saturated rings. The summed E-state index contributed by atoms with van der Waals surface area (Å²) in [6.07, 6.45) is 8.08. The summed E-state index contributed by atoms with van der Waals surface area (Å²) in [4.78, 5) is 21.0. The van der Waals surface area contributed by atoms with Crippen LogP contribution >= 0.6 is 0 Å². The summed E-state index contributed by atoms with van der Waals surface area (Å²) < 4.78 is 2.23. The molecular formula is C23H24N4O.